The molecule has 0 unspecified atom stereocenters. The molecule has 2 aliphatic heterocycles. The van der Waals surface area contributed by atoms with Crippen molar-refractivity contribution in [2.24, 2.45) is 0 Å². The third kappa shape index (κ3) is 2.38. The topological polar surface area (TPSA) is 81.9 Å². The van der Waals surface area contributed by atoms with Gasteiger partial charge in [0, 0.05) is 30.6 Å². The fourth-order valence-electron chi connectivity index (χ4n) is 2.88. The molecule has 0 saturated carbocycles. The van der Waals surface area contributed by atoms with Crippen molar-refractivity contribution in [1.29, 1.82) is 0 Å². The van der Waals surface area contributed by atoms with Gasteiger partial charge in [-0.2, -0.15) is 4.31 Å². The van der Waals surface area contributed by atoms with Gasteiger partial charge in [0.15, 0.2) is 11.5 Å². The van der Waals surface area contributed by atoms with E-state index in [1.54, 1.807) is 6.92 Å². The van der Waals surface area contributed by atoms with Crippen molar-refractivity contribution in [2.45, 2.75) is 19.9 Å². The maximum absolute atomic E-state index is 12.1. The Morgan fingerprint density at radius 2 is 2.09 bits per heavy atom. The quantitative estimate of drug-likeness (QED) is 0.850. The number of aromatic nitrogens is 1. The average Bonchev–Trinajstić information content (AvgIpc) is 3.19. The Balaban J connectivity index is 1.72. The lowest BCUT2D eigenvalue weighted by Gasteiger charge is -2.24. The molecule has 2 aliphatic rings. The fourth-order valence-corrected chi connectivity index (χ4v) is 3.94. The number of fused-ring (bicyclic) bond motifs is 2. The molecule has 0 fully saturated rings. The van der Waals surface area contributed by atoms with E-state index in [1.807, 2.05) is 18.2 Å². The molecule has 0 bridgehead atoms. The van der Waals surface area contributed by atoms with Gasteiger partial charge in [-0.15, -0.1) is 0 Å². The van der Waals surface area contributed by atoms with Crippen LogP contribution >= 0.6 is 0 Å². The van der Waals surface area contributed by atoms with Crippen LogP contribution in [0, 0.1) is 0 Å². The molecular weight excluding hydrogens is 320 g/mol. The van der Waals surface area contributed by atoms with Gasteiger partial charge < -0.3 is 14.0 Å². The molecule has 0 aliphatic carbocycles. The predicted molar refractivity (Wildman–Crippen MR) is 81.6 cm³/mol. The summed E-state index contributed by atoms with van der Waals surface area (Å²) in [7, 11) is -3.23. The highest BCUT2D eigenvalue weighted by atomic mass is 32.2. The van der Waals surface area contributed by atoms with Crippen LogP contribution in [0.2, 0.25) is 0 Å². The van der Waals surface area contributed by atoms with Crippen LogP contribution in [0.4, 0.5) is 0 Å². The smallest absolute Gasteiger partial charge is 0.231 e. The van der Waals surface area contributed by atoms with Crippen LogP contribution in [0.5, 0.6) is 11.5 Å². The minimum Gasteiger partial charge on any atom is -0.454 e. The summed E-state index contributed by atoms with van der Waals surface area (Å²) in [6.45, 7) is 2.58. The van der Waals surface area contributed by atoms with Crippen LogP contribution in [0.25, 0.3) is 11.3 Å². The first-order chi connectivity index (χ1) is 11.1. The van der Waals surface area contributed by atoms with Crippen LogP contribution in [0.1, 0.15) is 18.2 Å². The summed E-state index contributed by atoms with van der Waals surface area (Å²) in [5.41, 5.74) is 2.32. The lowest BCUT2D eigenvalue weighted by atomic mass is 10.0. The zero-order valence-corrected chi connectivity index (χ0v) is 13.4. The zero-order chi connectivity index (χ0) is 16.0. The van der Waals surface area contributed by atoms with E-state index in [0.29, 0.717) is 36.7 Å². The van der Waals surface area contributed by atoms with E-state index in [0.717, 1.165) is 16.9 Å². The normalized spacial score (nSPS) is 17.3. The van der Waals surface area contributed by atoms with Crippen LogP contribution < -0.4 is 9.47 Å². The second-order valence-electron chi connectivity index (χ2n) is 5.49. The summed E-state index contributed by atoms with van der Waals surface area (Å²) in [4.78, 5) is 0. The van der Waals surface area contributed by atoms with Crippen molar-refractivity contribution < 1.29 is 22.4 Å². The minimum atomic E-state index is -3.23. The predicted octanol–water partition coefficient (Wildman–Crippen LogP) is 1.78. The van der Waals surface area contributed by atoms with E-state index in [4.69, 9.17) is 14.0 Å². The summed E-state index contributed by atoms with van der Waals surface area (Å²) in [5, 5.41) is 4.14. The molecule has 7 nitrogen and oxygen atoms in total. The van der Waals surface area contributed by atoms with Crippen molar-refractivity contribution in [1.82, 2.24) is 9.46 Å². The monoisotopic (exact) mass is 336 g/mol. The summed E-state index contributed by atoms with van der Waals surface area (Å²) < 4.78 is 41.8. The van der Waals surface area contributed by atoms with E-state index in [9.17, 15) is 8.42 Å². The first-order valence-electron chi connectivity index (χ1n) is 7.44. The molecule has 0 radical (unpaired) electrons. The maximum Gasteiger partial charge on any atom is 0.231 e. The standard InChI is InChI=1S/C15H16N2O5S/c1-2-23(18,19)17-6-5-12-11(8-17)15(16-22-12)10-3-4-13-14(7-10)21-9-20-13/h3-4,7H,2,5-6,8-9H2,1H3. The molecule has 0 N–H and O–H groups in total. The Hall–Kier alpha value is -2.06. The van der Waals surface area contributed by atoms with E-state index in [-0.39, 0.29) is 12.5 Å². The number of hydrogen-bond acceptors (Lipinski definition) is 6. The number of rotatable bonds is 3. The van der Waals surface area contributed by atoms with E-state index < -0.39 is 10.0 Å². The zero-order valence-electron chi connectivity index (χ0n) is 12.6. The van der Waals surface area contributed by atoms with Crippen LogP contribution in [-0.4, -0.2) is 37.0 Å². The Labute approximate surface area is 133 Å². The molecule has 122 valence electrons. The summed E-state index contributed by atoms with van der Waals surface area (Å²) in [6.07, 6.45) is 0.534. The van der Waals surface area contributed by atoms with Gasteiger partial charge in [0.2, 0.25) is 16.8 Å². The molecule has 0 spiro atoms. The molecule has 2 aromatic rings. The highest BCUT2D eigenvalue weighted by Crippen LogP contribution is 2.38. The molecule has 1 aromatic carbocycles. The van der Waals surface area contributed by atoms with Crippen molar-refractivity contribution in [3.63, 3.8) is 0 Å². The Morgan fingerprint density at radius 1 is 1.26 bits per heavy atom. The van der Waals surface area contributed by atoms with E-state index in [2.05, 4.69) is 5.16 Å². The van der Waals surface area contributed by atoms with Gasteiger partial charge in [-0.3, -0.25) is 0 Å². The number of hydrogen-bond donors (Lipinski definition) is 0. The third-order valence-corrected chi connectivity index (χ3v) is 6.02. The van der Waals surface area contributed by atoms with Crippen LogP contribution in [0.15, 0.2) is 22.7 Å². The lowest BCUT2D eigenvalue weighted by molar-refractivity contribution is 0.174. The Bertz CT molecular complexity index is 859. The number of ether oxygens (including phenoxy) is 2. The Kier molecular flexibility index (Phi) is 3.31. The highest BCUT2D eigenvalue weighted by Gasteiger charge is 2.31. The second kappa shape index (κ2) is 5.24. The van der Waals surface area contributed by atoms with Crippen molar-refractivity contribution in [3.05, 3.63) is 29.5 Å². The number of nitrogens with zero attached hydrogens (tertiary/aromatic N) is 2. The number of sulfonamides is 1. The van der Waals surface area contributed by atoms with Gasteiger partial charge >= 0.3 is 0 Å². The Morgan fingerprint density at radius 3 is 2.91 bits per heavy atom. The average molecular weight is 336 g/mol. The third-order valence-electron chi connectivity index (χ3n) is 4.20. The van der Waals surface area contributed by atoms with Gasteiger partial charge in [-0.1, -0.05) is 5.16 Å². The summed E-state index contributed by atoms with van der Waals surface area (Å²) in [5.74, 6) is 2.20. The summed E-state index contributed by atoms with van der Waals surface area (Å²) >= 11 is 0. The molecule has 1 aromatic heterocycles. The fraction of sp³-hybridized carbons (Fsp3) is 0.400. The van der Waals surface area contributed by atoms with E-state index >= 15 is 0 Å². The molecule has 3 heterocycles. The number of benzene rings is 1. The SMILES string of the molecule is CCS(=O)(=O)N1CCc2onc(-c3ccc4c(c3)OCO4)c2C1. The van der Waals surface area contributed by atoms with Crippen molar-refractivity contribution in [2.75, 3.05) is 19.1 Å². The van der Waals surface area contributed by atoms with Gasteiger partial charge in [0.05, 0.1) is 5.75 Å². The molecule has 4 rings (SSSR count). The van der Waals surface area contributed by atoms with E-state index in [1.165, 1.54) is 4.31 Å². The highest BCUT2D eigenvalue weighted by molar-refractivity contribution is 7.89. The first-order valence-corrected chi connectivity index (χ1v) is 9.04. The van der Waals surface area contributed by atoms with Crippen LogP contribution in [0.3, 0.4) is 0 Å². The van der Waals surface area contributed by atoms with Crippen LogP contribution in [-0.2, 0) is 23.0 Å². The van der Waals surface area contributed by atoms with Gasteiger partial charge in [-0.05, 0) is 25.1 Å². The van der Waals surface area contributed by atoms with Gasteiger partial charge in [-0.25, -0.2) is 8.42 Å². The molecule has 0 atom stereocenters. The van der Waals surface area contributed by atoms with Gasteiger partial charge in [0.25, 0.3) is 0 Å². The molecule has 23 heavy (non-hydrogen) atoms. The first kappa shape index (κ1) is 14.5. The van der Waals surface area contributed by atoms with Crippen molar-refractivity contribution in [3.8, 4) is 22.8 Å². The molecular formula is C15H16N2O5S. The largest absolute Gasteiger partial charge is 0.454 e. The maximum atomic E-state index is 12.1. The second-order valence-corrected chi connectivity index (χ2v) is 7.74. The minimum absolute atomic E-state index is 0.0902. The van der Waals surface area contributed by atoms with Gasteiger partial charge in [0.1, 0.15) is 11.5 Å². The summed E-state index contributed by atoms with van der Waals surface area (Å²) in [6, 6.07) is 5.54. The lowest BCUT2D eigenvalue weighted by Crippen LogP contribution is -2.36. The van der Waals surface area contributed by atoms with Crippen molar-refractivity contribution >= 4 is 10.0 Å². The molecule has 0 amide bonds. The molecule has 8 heteroatoms. The molecule has 0 saturated heterocycles.